The smallest absolute Gasteiger partial charge is 0.251 e. The molecular weight excluding hydrogens is 382 g/mol. The minimum Gasteiger partial charge on any atom is -0.495 e. The number of rotatable bonds is 5. The number of carbonyl (C=O) groups is 3. The molecule has 158 valence electrons. The van der Waals surface area contributed by atoms with Gasteiger partial charge in [-0.25, -0.2) is 0 Å². The molecule has 2 N–H and O–H groups in total. The van der Waals surface area contributed by atoms with Crippen molar-refractivity contribution in [3.63, 3.8) is 0 Å². The number of amides is 3. The van der Waals surface area contributed by atoms with Gasteiger partial charge in [-0.2, -0.15) is 0 Å². The third kappa shape index (κ3) is 4.97. The summed E-state index contributed by atoms with van der Waals surface area (Å²) in [5.41, 5.74) is 1.43. The van der Waals surface area contributed by atoms with Crippen molar-refractivity contribution in [1.82, 2.24) is 5.32 Å². The van der Waals surface area contributed by atoms with E-state index in [0.29, 0.717) is 22.7 Å². The van der Waals surface area contributed by atoms with Gasteiger partial charge in [-0.3, -0.25) is 14.4 Å². The largest absolute Gasteiger partial charge is 0.495 e. The predicted molar refractivity (Wildman–Crippen MR) is 116 cm³/mol. The maximum Gasteiger partial charge on any atom is 0.251 e. The molecule has 7 nitrogen and oxygen atoms in total. The summed E-state index contributed by atoms with van der Waals surface area (Å²) in [6, 6.07) is 13.9. The minimum absolute atomic E-state index is 0.117. The molecule has 1 aliphatic heterocycles. The number of hydrogen-bond donors (Lipinski definition) is 2. The zero-order valence-corrected chi connectivity index (χ0v) is 17.7. The van der Waals surface area contributed by atoms with E-state index in [-0.39, 0.29) is 36.2 Å². The van der Waals surface area contributed by atoms with E-state index in [4.69, 9.17) is 4.74 Å². The second-order valence-corrected chi connectivity index (χ2v) is 8.35. The molecule has 0 bridgehead atoms. The molecule has 1 unspecified atom stereocenters. The maximum atomic E-state index is 12.7. The molecule has 2 aromatic rings. The minimum atomic E-state index is -0.466. The summed E-state index contributed by atoms with van der Waals surface area (Å²) in [7, 11) is 1.55. The molecule has 3 rings (SSSR count). The van der Waals surface area contributed by atoms with Crippen molar-refractivity contribution in [2.24, 2.45) is 5.92 Å². The summed E-state index contributed by atoms with van der Waals surface area (Å²) >= 11 is 0. The molecular formula is C23H27N3O4. The lowest BCUT2D eigenvalue weighted by Crippen LogP contribution is -2.40. The van der Waals surface area contributed by atoms with Crippen molar-refractivity contribution >= 4 is 29.1 Å². The fraction of sp³-hybridized carbons (Fsp3) is 0.348. The molecule has 1 saturated heterocycles. The summed E-state index contributed by atoms with van der Waals surface area (Å²) in [6.45, 7) is 6.03. The number of hydrogen-bond acceptors (Lipinski definition) is 4. The fourth-order valence-electron chi connectivity index (χ4n) is 3.33. The highest BCUT2D eigenvalue weighted by atomic mass is 16.5. The van der Waals surface area contributed by atoms with Gasteiger partial charge in [-0.1, -0.05) is 12.1 Å². The molecule has 0 spiro atoms. The van der Waals surface area contributed by atoms with E-state index in [1.165, 1.54) is 0 Å². The first-order valence-corrected chi connectivity index (χ1v) is 9.85. The lowest BCUT2D eigenvalue weighted by Gasteiger charge is -2.20. The van der Waals surface area contributed by atoms with Crippen LogP contribution in [-0.2, 0) is 9.59 Å². The predicted octanol–water partition coefficient (Wildman–Crippen LogP) is 3.22. The number of benzene rings is 2. The van der Waals surface area contributed by atoms with Crippen molar-refractivity contribution in [3.05, 3.63) is 54.1 Å². The Morgan fingerprint density at radius 2 is 1.73 bits per heavy atom. The molecule has 1 fully saturated rings. The van der Waals surface area contributed by atoms with Gasteiger partial charge in [0.2, 0.25) is 11.8 Å². The summed E-state index contributed by atoms with van der Waals surface area (Å²) in [4.78, 5) is 39.0. The van der Waals surface area contributed by atoms with Crippen LogP contribution < -0.4 is 20.3 Å². The van der Waals surface area contributed by atoms with Crippen LogP contribution in [0.3, 0.4) is 0 Å². The number of ether oxygens (including phenoxy) is 1. The third-order valence-corrected chi connectivity index (χ3v) is 4.77. The van der Waals surface area contributed by atoms with Crippen molar-refractivity contribution in [3.8, 4) is 5.75 Å². The molecule has 1 heterocycles. The Bertz CT molecular complexity index is 948. The van der Waals surface area contributed by atoms with Gasteiger partial charge in [0, 0.05) is 29.8 Å². The van der Waals surface area contributed by atoms with E-state index in [0.717, 1.165) is 0 Å². The van der Waals surface area contributed by atoms with Crippen molar-refractivity contribution in [1.29, 1.82) is 0 Å². The Hall–Kier alpha value is -3.35. The van der Waals surface area contributed by atoms with Gasteiger partial charge >= 0.3 is 0 Å². The molecule has 0 aromatic heterocycles. The third-order valence-electron chi connectivity index (χ3n) is 4.77. The van der Waals surface area contributed by atoms with Crippen molar-refractivity contribution in [2.75, 3.05) is 23.9 Å². The standard InChI is InChI=1S/C23H27N3O4/c1-23(2,3)25-22(29)15-9-11-17(12-10-15)24-21(28)16-13-20(27)26(14-16)18-7-5-6-8-19(18)30-4/h5-12,16H,13-14H2,1-4H3,(H,24,28)(H,25,29). The topological polar surface area (TPSA) is 87.7 Å². The average Bonchev–Trinajstić information content (AvgIpc) is 3.09. The lowest BCUT2D eigenvalue weighted by molar-refractivity contribution is -0.122. The fourth-order valence-corrected chi connectivity index (χ4v) is 3.33. The van der Waals surface area contributed by atoms with E-state index in [9.17, 15) is 14.4 Å². The summed E-state index contributed by atoms with van der Waals surface area (Å²) in [5, 5.41) is 5.73. The molecule has 2 aromatic carbocycles. The Morgan fingerprint density at radius 3 is 2.37 bits per heavy atom. The molecule has 7 heteroatoms. The zero-order valence-electron chi connectivity index (χ0n) is 17.7. The van der Waals surface area contributed by atoms with Crippen LogP contribution in [0.25, 0.3) is 0 Å². The van der Waals surface area contributed by atoms with Crippen molar-refractivity contribution in [2.45, 2.75) is 32.7 Å². The first-order chi connectivity index (χ1) is 14.2. The van der Waals surface area contributed by atoms with Crippen LogP contribution in [0.2, 0.25) is 0 Å². The van der Waals surface area contributed by atoms with Gasteiger partial charge in [0.1, 0.15) is 5.75 Å². The number of anilines is 2. The van der Waals surface area contributed by atoms with Gasteiger partial charge < -0.3 is 20.3 Å². The molecule has 0 aliphatic carbocycles. The number of nitrogens with one attached hydrogen (secondary N) is 2. The first-order valence-electron chi connectivity index (χ1n) is 9.85. The second kappa shape index (κ2) is 8.57. The molecule has 1 atom stereocenters. The van der Waals surface area contributed by atoms with Crippen LogP contribution in [0.5, 0.6) is 5.75 Å². The SMILES string of the molecule is COc1ccccc1N1CC(C(=O)Nc2ccc(C(=O)NC(C)(C)C)cc2)CC1=O. The van der Waals surface area contributed by atoms with Crippen LogP contribution in [0, 0.1) is 5.92 Å². The van der Waals surface area contributed by atoms with Crippen LogP contribution in [0.1, 0.15) is 37.6 Å². The van der Waals surface area contributed by atoms with Crippen LogP contribution in [0.15, 0.2) is 48.5 Å². The highest BCUT2D eigenvalue weighted by Crippen LogP contribution is 2.33. The zero-order chi connectivity index (χ0) is 21.9. The first kappa shape index (κ1) is 21.4. The van der Waals surface area contributed by atoms with Crippen molar-refractivity contribution < 1.29 is 19.1 Å². The van der Waals surface area contributed by atoms with Crippen LogP contribution in [-0.4, -0.2) is 36.9 Å². The Labute approximate surface area is 176 Å². The Morgan fingerprint density at radius 1 is 1.07 bits per heavy atom. The average molecular weight is 409 g/mol. The number of para-hydroxylation sites is 2. The molecule has 0 saturated carbocycles. The van der Waals surface area contributed by atoms with E-state index in [2.05, 4.69) is 10.6 Å². The highest BCUT2D eigenvalue weighted by Gasteiger charge is 2.36. The van der Waals surface area contributed by atoms with Crippen LogP contribution in [0.4, 0.5) is 11.4 Å². The maximum absolute atomic E-state index is 12.7. The van der Waals surface area contributed by atoms with E-state index < -0.39 is 5.92 Å². The lowest BCUT2D eigenvalue weighted by atomic mass is 10.1. The van der Waals surface area contributed by atoms with Crippen LogP contribution >= 0.6 is 0 Å². The second-order valence-electron chi connectivity index (χ2n) is 8.35. The summed E-state index contributed by atoms with van der Waals surface area (Å²) < 4.78 is 5.33. The molecule has 3 amide bonds. The summed E-state index contributed by atoms with van der Waals surface area (Å²) in [5.74, 6) is -0.391. The number of methoxy groups -OCH3 is 1. The number of nitrogens with zero attached hydrogens (tertiary/aromatic N) is 1. The highest BCUT2D eigenvalue weighted by molar-refractivity contribution is 6.04. The molecule has 1 aliphatic rings. The molecule has 0 radical (unpaired) electrons. The van der Waals surface area contributed by atoms with Gasteiger partial charge in [-0.05, 0) is 57.2 Å². The number of carbonyl (C=O) groups excluding carboxylic acids is 3. The quantitative estimate of drug-likeness (QED) is 0.794. The van der Waals surface area contributed by atoms with E-state index >= 15 is 0 Å². The Kier molecular flexibility index (Phi) is 6.10. The van der Waals surface area contributed by atoms with Gasteiger partial charge in [0.15, 0.2) is 0 Å². The monoisotopic (exact) mass is 409 g/mol. The van der Waals surface area contributed by atoms with Gasteiger partial charge in [0.05, 0.1) is 18.7 Å². The van der Waals surface area contributed by atoms with E-state index in [1.807, 2.05) is 32.9 Å². The normalized spacial score (nSPS) is 16.3. The van der Waals surface area contributed by atoms with Gasteiger partial charge in [-0.15, -0.1) is 0 Å². The summed E-state index contributed by atoms with van der Waals surface area (Å²) in [6.07, 6.45) is 0.135. The van der Waals surface area contributed by atoms with E-state index in [1.54, 1.807) is 48.4 Å². The molecule has 30 heavy (non-hydrogen) atoms. The van der Waals surface area contributed by atoms with Gasteiger partial charge in [0.25, 0.3) is 5.91 Å². The Balaban J connectivity index is 1.64.